The molecule has 1 saturated heterocycles. The van der Waals surface area contributed by atoms with E-state index < -0.39 is 30.5 Å². The molecule has 1 aliphatic rings. The van der Waals surface area contributed by atoms with Gasteiger partial charge in [0.1, 0.15) is 0 Å². The lowest BCUT2D eigenvalue weighted by molar-refractivity contribution is -0.227. The van der Waals surface area contributed by atoms with Crippen LogP contribution < -0.4 is 0 Å². The maximum Gasteiger partial charge on any atom is 0.406 e. The van der Waals surface area contributed by atoms with E-state index in [0.29, 0.717) is 0 Å². The molecule has 1 aromatic rings. The van der Waals surface area contributed by atoms with Gasteiger partial charge in [-0.15, -0.1) is 0 Å². The number of alkyl halides is 3. The highest BCUT2D eigenvalue weighted by Crippen LogP contribution is 2.45. The molecule has 0 bridgehead atoms. The fraction of sp³-hybridized carbons (Fsp3) is 0.692. The lowest BCUT2D eigenvalue weighted by atomic mass is 9.86. The quantitative estimate of drug-likeness (QED) is 0.922. The van der Waals surface area contributed by atoms with Crippen molar-refractivity contribution in [2.24, 2.45) is 12.5 Å². The molecule has 1 unspecified atom stereocenters. The summed E-state index contributed by atoms with van der Waals surface area (Å²) >= 11 is 0. The van der Waals surface area contributed by atoms with Crippen LogP contribution in [0.15, 0.2) is 6.07 Å². The molecule has 0 spiro atoms. The highest BCUT2D eigenvalue weighted by molar-refractivity contribution is 5.76. The maximum absolute atomic E-state index is 13.1. The lowest BCUT2D eigenvalue weighted by Gasteiger charge is -2.27. The minimum atomic E-state index is -4.74. The Kier molecular flexibility index (Phi) is 4.01. The number of carboxylic acids is 1. The number of likely N-dealkylation sites (tertiary alicyclic amines) is 1. The van der Waals surface area contributed by atoms with E-state index in [1.807, 2.05) is 13.0 Å². The van der Waals surface area contributed by atoms with Crippen LogP contribution in [0, 0.1) is 5.41 Å². The van der Waals surface area contributed by atoms with E-state index in [4.69, 9.17) is 5.11 Å². The summed E-state index contributed by atoms with van der Waals surface area (Å²) in [6, 6.07) is 1.84. The molecule has 8 heteroatoms. The first-order chi connectivity index (χ1) is 9.69. The number of halogens is 3. The summed E-state index contributed by atoms with van der Waals surface area (Å²) in [4.78, 5) is 12.6. The molecule has 2 rings (SSSR count). The van der Waals surface area contributed by atoms with E-state index in [9.17, 15) is 18.0 Å². The Balaban J connectivity index is 2.14. The molecule has 1 atom stereocenters. The number of nitrogens with zero attached hydrogens (tertiary/aromatic N) is 3. The third-order valence-corrected chi connectivity index (χ3v) is 4.08. The molecule has 21 heavy (non-hydrogen) atoms. The molecule has 0 saturated carbocycles. The Labute approximate surface area is 120 Å². The van der Waals surface area contributed by atoms with Crippen molar-refractivity contribution in [1.29, 1.82) is 0 Å². The van der Waals surface area contributed by atoms with Crippen LogP contribution in [0.25, 0.3) is 0 Å². The number of carbonyl (C=O) groups is 1. The molecule has 0 aromatic carbocycles. The van der Waals surface area contributed by atoms with Gasteiger partial charge in [-0.25, -0.2) is 0 Å². The number of aromatic nitrogens is 2. The van der Waals surface area contributed by atoms with Crippen molar-refractivity contribution in [1.82, 2.24) is 14.7 Å². The highest BCUT2D eigenvalue weighted by atomic mass is 19.4. The normalized spacial score (nSPS) is 23.7. The van der Waals surface area contributed by atoms with E-state index in [1.54, 1.807) is 11.7 Å². The van der Waals surface area contributed by atoms with Gasteiger partial charge in [0.2, 0.25) is 0 Å². The average molecular weight is 305 g/mol. The minimum absolute atomic E-state index is 0.110. The van der Waals surface area contributed by atoms with Gasteiger partial charge in [0.15, 0.2) is 5.41 Å². The number of hydrogen-bond donors (Lipinski definition) is 1. The van der Waals surface area contributed by atoms with Crippen LogP contribution in [0.5, 0.6) is 0 Å². The third-order valence-electron chi connectivity index (χ3n) is 4.08. The first-order valence-corrected chi connectivity index (χ1v) is 6.74. The second-order valence-electron chi connectivity index (χ2n) is 5.45. The predicted octanol–water partition coefficient (Wildman–Crippen LogP) is 1.82. The van der Waals surface area contributed by atoms with Gasteiger partial charge in [0, 0.05) is 26.7 Å². The smallest absolute Gasteiger partial charge is 0.406 e. The van der Waals surface area contributed by atoms with Gasteiger partial charge in [0.05, 0.1) is 11.4 Å². The van der Waals surface area contributed by atoms with E-state index in [-0.39, 0.29) is 13.1 Å². The van der Waals surface area contributed by atoms with Gasteiger partial charge in [-0.05, 0) is 18.9 Å². The van der Waals surface area contributed by atoms with Crippen LogP contribution in [0.4, 0.5) is 13.2 Å². The zero-order chi connectivity index (χ0) is 15.8. The minimum Gasteiger partial charge on any atom is -0.481 e. The molecule has 2 heterocycles. The van der Waals surface area contributed by atoms with Crippen LogP contribution in [-0.2, 0) is 24.8 Å². The van der Waals surface area contributed by atoms with Crippen LogP contribution in [-0.4, -0.2) is 45.0 Å². The van der Waals surface area contributed by atoms with Crippen molar-refractivity contribution >= 4 is 5.97 Å². The SMILES string of the molecule is CCc1cc(CN2CCC(C(=O)O)(C(F)(F)F)C2)n(C)n1. The Morgan fingerprint density at radius 3 is 2.62 bits per heavy atom. The molecular formula is C13H18F3N3O2. The molecule has 0 radical (unpaired) electrons. The van der Waals surface area contributed by atoms with E-state index in [2.05, 4.69) is 5.10 Å². The van der Waals surface area contributed by atoms with Crippen LogP contribution >= 0.6 is 0 Å². The third kappa shape index (κ3) is 2.76. The van der Waals surface area contributed by atoms with Crippen molar-refractivity contribution in [3.63, 3.8) is 0 Å². The van der Waals surface area contributed by atoms with Crippen LogP contribution in [0.3, 0.4) is 0 Å². The van der Waals surface area contributed by atoms with E-state index >= 15 is 0 Å². The van der Waals surface area contributed by atoms with Crippen molar-refractivity contribution in [3.05, 3.63) is 17.5 Å². The van der Waals surface area contributed by atoms with Gasteiger partial charge in [-0.2, -0.15) is 18.3 Å². The molecule has 1 N–H and O–H groups in total. The van der Waals surface area contributed by atoms with Gasteiger partial charge in [-0.3, -0.25) is 14.4 Å². The fourth-order valence-electron chi connectivity index (χ4n) is 2.67. The monoisotopic (exact) mass is 305 g/mol. The molecule has 5 nitrogen and oxygen atoms in total. The van der Waals surface area contributed by atoms with Gasteiger partial charge in [0.25, 0.3) is 0 Å². The Hall–Kier alpha value is -1.57. The molecular weight excluding hydrogens is 287 g/mol. The van der Waals surface area contributed by atoms with Gasteiger partial charge < -0.3 is 5.11 Å². The summed E-state index contributed by atoms with van der Waals surface area (Å²) in [6.07, 6.45) is -4.41. The standard InChI is InChI=1S/C13H18F3N3O2/c1-3-9-6-10(18(2)17-9)7-19-5-4-12(8-19,11(20)21)13(14,15)16/h6H,3-5,7-8H2,1-2H3,(H,20,21). The number of rotatable bonds is 4. The van der Waals surface area contributed by atoms with Crippen molar-refractivity contribution in [2.45, 2.75) is 32.5 Å². The molecule has 1 aromatic heterocycles. The summed E-state index contributed by atoms with van der Waals surface area (Å²) < 4.78 is 40.9. The number of carboxylic acid groups (broad SMARTS) is 1. The Morgan fingerprint density at radius 1 is 1.52 bits per heavy atom. The highest BCUT2D eigenvalue weighted by Gasteiger charge is 2.63. The van der Waals surface area contributed by atoms with Gasteiger partial charge >= 0.3 is 12.1 Å². The largest absolute Gasteiger partial charge is 0.481 e. The zero-order valence-electron chi connectivity index (χ0n) is 11.9. The number of hydrogen-bond acceptors (Lipinski definition) is 3. The van der Waals surface area contributed by atoms with Crippen LogP contribution in [0.1, 0.15) is 24.7 Å². The van der Waals surface area contributed by atoms with Gasteiger partial charge in [-0.1, -0.05) is 6.92 Å². The fourth-order valence-corrected chi connectivity index (χ4v) is 2.67. The second kappa shape index (κ2) is 5.32. The van der Waals surface area contributed by atoms with Crippen molar-refractivity contribution in [2.75, 3.05) is 13.1 Å². The Bertz CT molecular complexity index is 541. The summed E-state index contributed by atoms with van der Waals surface area (Å²) in [5.74, 6) is -1.79. The first kappa shape index (κ1) is 15.8. The second-order valence-corrected chi connectivity index (χ2v) is 5.45. The summed E-state index contributed by atoms with van der Waals surface area (Å²) in [7, 11) is 1.73. The maximum atomic E-state index is 13.1. The zero-order valence-corrected chi connectivity index (χ0v) is 11.9. The molecule has 0 aliphatic carbocycles. The Morgan fingerprint density at radius 2 is 2.19 bits per heavy atom. The van der Waals surface area contributed by atoms with Crippen molar-refractivity contribution < 1.29 is 23.1 Å². The van der Waals surface area contributed by atoms with E-state index in [0.717, 1.165) is 17.8 Å². The number of aliphatic carboxylic acids is 1. The number of aryl methyl sites for hydroxylation is 2. The summed E-state index contributed by atoms with van der Waals surface area (Å²) in [5.41, 5.74) is -0.999. The summed E-state index contributed by atoms with van der Waals surface area (Å²) in [6.45, 7) is 1.81. The van der Waals surface area contributed by atoms with Crippen LogP contribution in [0.2, 0.25) is 0 Å². The average Bonchev–Trinajstić information content (AvgIpc) is 2.95. The topological polar surface area (TPSA) is 58.4 Å². The van der Waals surface area contributed by atoms with Crippen molar-refractivity contribution in [3.8, 4) is 0 Å². The first-order valence-electron chi connectivity index (χ1n) is 6.74. The molecule has 0 amide bonds. The van der Waals surface area contributed by atoms with E-state index in [1.165, 1.54) is 4.90 Å². The lowest BCUT2D eigenvalue weighted by Crippen LogP contribution is -2.47. The summed E-state index contributed by atoms with van der Waals surface area (Å²) in [5, 5.41) is 13.3. The predicted molar refractivity (Wildman–Crippen MR) is 68.6 cm³/mol. The molecule has 118 valence electrons. The molecule has 1 fully saturated rings. The molecule has 1 aliphatic heterocycles.